The number of nitrogens with zero attached hydrogens (tertiary/aromatic N) is 3. The van der Waals surface area contributed by atoms with Gasteiger partial charge in [-0.15, -0.1) is 0 Å². The summed E-state index contributed by atoms with van der Waals surface area (Å²) in [7, 11) is 0. The third-order valence-electron chi connectivity index (χ3n) is 6.19. The molecule has 16 heteroatoms. The number of esters is 1. The smallest absolute Gasteiger partial charge is 0.407 e. The van der Waals surface area contributed by atoms with Crippen LogP contribution < -0.4 is 5.32 Å². The summed E-state index contributed by atoms with van der Waals surface area (Å²) in [5.41, 5.74) is -0.594. The van der Waals surface area contributed by atoms with Crippen LogP contribution in [0, 0.1) is 26.1 Å². The van der Waals surface area contributed by atoms with Crippen LogP contribution in [0.3, 0.4) is 0 Å². The van der Waals surface area contributed by atoms with Crippen LogP contribution in [0.25, 0.3) is 0 Å². The predicted octanol–water partition coefficient (Wildman–Crippen LogP) is 4.27. The molecule has 0 bridgehead atoms. The number of halogens is 1. The first-order valence-corrected chi connectivity index (χ1v) is 14.0. The number of hydrogen-bond donors (Lipinski definition) is 1. The molecular weight excluding hydrogens is 596 g/mol. The summed E-state index contributed by atoms with van der Waals surface area (Å²) in [6, 6.07) is 11.0. The standard InChI is InChI=1S/C26H27ClN4O10S/c1-2-20-23(33)29(22(27)25(34)40-14-16-5-9-18(10-6-16)30(36)37)24(20)42-21(32)4-3-13-28-26(35)41-15-17-7-11-19(12-8-17)31(38)39/h5-12,20,22,24H,2-4,13-15H2,1H3,(H,28,35). The fourth-order valence-corrected chi connectivity index (χ4v) is 5.58. The van der Waals surface area contributed by atoms with E-state index in [1.807, 2.05) is 0 Å². The van der Waals surface area contributed by atoms with Crippen LogP contribution in [0.5, 0.6) is 0 Å². The van der Waals surface area contributed by atoms with E-state index in [-0.39, 0.29) is 55.0 Å². The van der Waals surface area contributed by atoms with Gasteiger partial charge in [-0.3, -0.25) is 29.8 Å². The van der Waals surface area contributed by atoms with Crippen LogP contribution >= 0.6 is 23.4 Å². The Hall–Kier alpha value is -4.24. The van der Waals surface area contributed by atoms with Crippen molar-refractivity contribution < 1.29 is 38.5 Å². The minimum absolute atomic E-state index is 0.0693. The van der Waals surface area contributed by atoms with Gasteiger partial charge in [0.05, 0.1) is 21.1 Å². The van der Waals surface area contributed by atoms with Gasteiger partial charge in [-0.2, -0.15) is 0 Å². The molecule has 14 nitrogen and oxygen atoms in total. The highest BCUT2D eigenvalue weighted by Crippen LogP contribution is 2.40. The zero-order valence-corrected chi connectivity index (χ0v) is 23.9. The van der Waals surface area contributed by atoms with E-state index in [0.29, 0.717) is 17.5 Å². The molecular formula is C26H27ClN4O10S. The number of hydrogen-bond acceptors (Lipinski definition) is 11. The number of nitro benzene ring substituents is 2. The van der Waals surface area contributed by atoms with Crippen molar-refractivity contribution in [2.75, 3.05) is 6.54 Å². The number of carbonyl (C=O) groups excluding carboxylic acids is 4. The summed E-state index contributed by atoms with van der Waals surface area (Å²) in [5.74, 6) is -1.78. The summed E-state index contributed by atoms with van der Waals surface area (Å²) in [5, 5.41) is 23.0. The van der Waals surface area contributed by atoms with E-state index in [0.717, 1.165) is 16.7 Å². The lowest BCUT2D eigenvalue weighted by molar-refractivity contribution is -0.385. The molecule has 3 unspecified atom stereocenters. The second-order valence-corrected chi connectivity index (χ2v) is 10.6. The maximum absolute atomic E-state index is 12.6. The summed E-state index contributed by atoms with van der Waals surface area (Å²) in [4.78, 5) is 71.1. The fraction of sp³-hybridized carbons (Fsp3) is 0.385. The summed E-state index contributed by atoms with van der Waals surface area (Å²) < 4.78 is 10.2. The Kier molecular flexibility index (Phi) is 11.6. The van der Waals surface area contributed by atoms with Crippen molar-refractivity contribution in [1.29, 1.82) is 0 Å². The lowest BCUT2D eigenvalue weighted by atomic mass is 9.95. The molecule has 1 fully saturated rings. The molecule has 1 heterocycles. The van der Waals surface area contributed by atoms with Crippen LogP contribution in [0.4, 0.5) is 16.2 Å². The number of β-lactam (4-membered cyclic amide) rings is 1. The van der Waals surface area contributed by atoms with Gasteiger partial charge < -0.3 is 19.7 Å². The third kappa shape index (κ3) is 8.63. The highest BCUT2D eigenvalue weighted by Gasteiger charge is 2.52. The molecule has 0 radical (unpaired) electrons. The van der Waals surface area contributed by atoms with Gasteiger partial charge >= 0.3 is 12.1 Å². The highest BCUT2D eigenvalue weighted by molar-refractivity contribution is 8.14. The van der Waals surface area contributed by atoms with Crippen molar-refractivity contribution in [3.8, 4) is 0 Å². The molecule has 2 aromatic rings. The minimum Gasteiger partial charge on any atom is -0.458 e. The molecule has 42 heavy (non-hydrogen) atoms. The van der Waals surface area contributed by atoms with Gasteiger partial charge in [0.2, 0.25) is 11.4 Å². The third-order valence-corrected chi connectivity index (χ3v) is 7.85. The Labute approximate surface area is 249 Å². The molecule has 1 aliphatic rings. The molecule has 0 aromatic heterocycles. The van der Waals surface area contributed by atoms with Crippen LogP contribution in [-0.4, -0.2) is 55.3 Å². The molecule has 1 N–H and O–H groups in total. The number of thioether (sulfide) groups is 1. The average molecular weight is 623 g/mol. The molecule has 0 aliphatic carbocycles. The maximum atomic E-state index is 12.6. The number of likely N-dealkylation sites (tertiary alicyclic amines) is 1. The van der Waals surface area contributed by atoms with Crippen molar-refractivity contribution in [2.45, 2.75) is 50.3 Å². The van der Waals surface area contributed by atoms with Gasteiger partial charge in [0.1, 0.15) is 13.2 Å². The predicted molar refractivity (Wildman–Crippen MR) is 150 cm³/mol. The normalized spacial score (nSPS) is 16.6. The Bertz CT molecular complexity index is 1330. The largest absolute Gasteiger partial charge is 0.458 e. The molecule has 1 saturated heterocycles. The zero-order valence-electron chi connectivity index (χ0n) is 22.3. The number of ether oxygens (including phenoxy) is 2. The lowest BCUT2D eigenvalue weighted by Gasteiger charge is -2.47. The number of alkyl halides is 1. The van der Waals surface area contributed by atoms with E-state index < -0.39 is 38.7 Å². The number of carbonyl (C=O) groups is 4. The molecule has 3 atom stereocenters. The number of benzene rings is 2. The molecule has 0 spiro atoms. The van der Waals surface area contributed by atoms with E-state index in [1.165, 1.54) is 48.5 Å². The van der Waals surface area contributed by atoms with Gasteiger partial charge in [-0.25, -0.2) is 9.59 Å². The van der Waals surface area contributed by atoms with Crippen molar-refractivity contribution in [1.82, 2.24) is 10.2 Å². The average Bonchev–Trinajstić information content (AvgIpc) is 2.97. The molecule has 1 aliphatic heterocycles. The van der Waals surface area contributed by atoms with E-state index >= 15 is 0 Å². The number of rotatable bonds is 14. The van der Waals surface area contributed by atoms with Crippen LogP contribution in [0.2, 0.25) is 0 Å². The summed E-state index contributed by atoms with van der Waals surface area (Å²) in [6.45, 7) is 1.63. The highest BCUT2D eigenvalue weighted by atomic mass is 35.5. The van der Waals surface area contributed by atoms with Gasteiger partial charge in [-0.1, -0.05) is 30.3 Å². The summed E-state index contributed by atoms with van der Waals surface area (Å²) >= 11 is 7.13. The second kappa shape index (κ2) is 15.1. The molecule has 3 rings (SSSR count). The Balaban J connectivity index is 1.40. The maximum Gasteiger partial charge on any atom is 0.407 e. The number of nitrogens with one attached hydrogen (secondary N) is 1. The molecule has 2 amide bonds. The Morgan fingerprint density at radius 3 is 2.00 bits per heavy atom. The van der Waals surface area contributed by atoms with Gasteiger partial charge in [0, 0.05) is 37.2 Å². The first kappa shape index (κ1) is 32.3. The van der Waals surface area contributed by atoms with E-state index in [9.17, 15) is 39.4 Å². The minimum atomic E-state index is -1.46. The topological polar surface area (TPSA) is 188 Å². The van der Waals surface area contributed by atoms with Gasteiger partial charge in [0.25, 0.3) is 11.4 Å². The van der Waals surface area contributed by atoms with Crippen molar-refractivity contribution in [2.24, 2.45) is 5.92 Å². The monoisotopic (exact) mass is 622 g/mol. The van der Waals surface area contributed by atoms with E-state index in [4.69, 9.17) is 21.1 Å². The number of alkyl carbamates (subject to hydrolysis) is 1. The molecule has 224 valence electrons. The molecule has 0 saturated carbocycles. The SMILES string of the molecule is CCC1C(=O)N(C(Cl)C(=O)OCc2ccc([N+](=O)[O-])cc2)C1SC(=O)CCCNC(=O)OCc1ccc([N+](=O)[O-])cc1. The van der Waals surface area contributed by atoms with E-state index in [2.05, 4.69) is 5.32 Å². The first-order chi connectivity index (χ1) is 20.0. The van der Waals surface area contributed by atoms with Crippen LogP contribution in [0.1, 0.15) is 37.3 Å². The zero-order chi connectivity index (χ0) is 30.8. The Morgan fingerprint density at radius 1 is 0.976 bits per heavy atom. The van der Waals surface area contributed by atoms with Crippen molar-refractivity contribution >= 4 is 57.8 Å². The van der Waals surface area contributed by atoms with Gasteiger partial charge in [-0.05, 0) is 48.2 Å². The number of nitro groups is 2. The summed E-state index contributed by atoms with van der Waals surface area (Å²) in [6.07, 6.45) is 0.0776. The van der Waals surface area contributed by atoms with Gasteiger partial charge in [0.15, 0.2) is 5.12 Å². The lowest BCUT2D eigenvalue weighted by Crippen LogP contribution is -2.63. The number of amides is 2. The second-order valence-electron chi connectivity index (χ2n) is 9.04. The van der Waals surface area contributed by atoms with Crippen LogP contribution in [-0.2, 0) is 37.1 Å². The quantitative estimate of drug-likeness (QED) is 0.0602. The molecule has 2 aromatic carbocycles. The fourth-order valence-electron chi connectivity index (χ4n) is 3.89. The number of non-ortho nitro benzene ring substituents is 2. The van der Waals surface area contributed by atoms with Crippen LogP contribution in [0.15, 0.2) is 48.5 Å². The Morgan fingerprint density at radius 2 is 1.50 bits per heavy atom. The van der Waals surface area contributed by atoms with E-state index in [1.54, 1.807) is 6.92 Å². The first-order valence-electron chi connectivity index (χ1n) is 12.7. The van der Waals surface area contributed by atoms with Crippen molar-refractivity contribution in [3.63, 3.8) is 0 Å². The van der Waals surface area contributed by atoms with Crippen molar-refractivity contribution in [3.05, 3.63) is 79.9 Å².